The average molecular weight is 441 g/mol. The van der Waals surface area contributed by atoms with E-state index in [9.17, 15) is 0 Å². The average Bonchev–Trinajstić information content (AvgIpc) is 3.43. The molecule has 0 saturated carbocycles. The fourth-order valence-corrected chi connectivity index (χ4v) is 5.25. The van der Waals surface area contributed by atoms with Crippen molar-refractivity contribution in [2.45, 2.75) is 32.2 Å². The van der Waals surface area contributed by atoms with Crippen molar-refractivity contribution in [3.8, 4) is 0 Å². The summed E-state index contributed by atoms with van der Waals surface area (Å²) < 4.78 is 2.06. The second-order valence-electron chi connectivity index (χ2n) is 8.26. The van der Waals surface area contributed by atoms with E-state index >= 15 is 0 Å². The number of hydrogen-bond donors (Lipinski definition) is 0. The lowest BCUT2D eigenvalue weighted by Crippen LogP contribution is -2.42. The van der Waals surface area contributed by atoms with Gasteiger partial charge in [-0.25, -0.2) is 10.0 Å². The number of nitrogens with zero attached hydrogens (tertiary/aromatic N) is 4. The number of rotatable bonds is 4. The van der Waals surface area contributed by atoms with Crippen LogP contribution in [0.3, 0.4) is 0 Å². The minimum Gasteiger partial charge on any atom is -0.258 e. The molecule has 3 aromatic rings. The van der Waals surface area contributed by atoms with E-state index < -0.39 is 0 Å². The molecule has 0 bridgehead atoms. The Hall–Kier alpha value is -1.85. The van der Waals surface area contributed by atoms with Crippen LogP contribution in [0, 0.1) is 0 Å². The highest BCUT2D eigenvalue weighted by atomic mass is 35.5. The number of hydrogen-bond acceptors (Lipinski definition) is 3. The van der Waals surface area contributed by atoms with Crippen LogP contribution in [-0.2, 0) is 0 Å². The van der Waals surface area contributed by atoms with Gasteiger partial charge in [0.2, 0.25) is 0 Å². The minimum absolute atomic E-state index is 0.0218. The van der Waals surface area contributed by atoms with Gasteiger partial charge in [0.15, 0.2) is 0 Å². The first-order valence-corrected chi connectivity index (χ1v) is 11.5. The van der Waals surface area contributed by atoms with E-state index in [0.717, 1.165) is 36.0 Å². The summed E-state index contributed by atoms with van der Waals surface area (Å²) in [4.78, 5) is 0. The van der Waals surface area contributed by atoms with Crippen LogP contribution in [0.1, 0.15) is 43.4 Å². The zero-order chi connectivity index (χ0) is 20.7. The number of fused-ring (bicyclic) bond motifs is 1. The molecule has 0 spiro atoms. The Labute approximate surface area is 187 Å². The molecule has 1 saturated heterocycles. The molecule has 5 rings (SSSR count). The van der Waals surface area contributed by atoms with Crippen molar-refractivity contribution < 1.29 is 0 Å². The summed E-state index contributed by atoms with van der Waals surface area (Å²) >= 11 is 12.6. The monoisotopic (exact) mass is 440 g/mol. The van der Waals surface area contributed by atoms with Crippen molar-refractivity contribution in [2.75, 3.05) is 26.2 Å². The molecule has 1 atom stereocenters. The maximum Gasteiger partial charge on any atom is 0.0761 e. The molecule has 30 heavy (non-hydrogen) atoms. The van der Waals surface area contributed by atoms with E-state index in [1.165, 1.54) is 37.1 Å². The van der Waals surface area contributed by atoms with Crippen molar-refractivity contribution in [1.82, 2.24) is 19.8 Å². The van der Waals surface area contributed by atoms with Gasteiger partial charge >= 0.3 is 0 Å². The summed E-state index contributed by atoms with van der Waals surface area (Å²) in [5.74, 6) is 0. The van der Waals surface area contributed by atoms with Gasteiger partial charge in [0, 0.05) is 41.6 Å². The Morgan fingerprint density at radius 3 is 2.53 bits per heavy atom. The van der Waals surface area contributed by atoms with Gasteiger partial charge in [-0.15, -0.1) is 0 Å². The number of hydrazine groups is 1. The van der Waals surface area contributed by atoms with Crippen LogP contribution in [0.5, 0.6) is 0 Å². The van der Waals surface area contributed by atoms with E-state index in [1.54, 1.807) is 6.07 Å². The third-order valence-corrected chi connectivity index (χ3v) is 6.98. The van der Waals surface area contributed by atoms with Crippen LogP contribution in [-0.4, -0.2) is 46.0 Å². The van der Waals surface area contributed by atoms with Gasteiger partial charge in [-0.05, 0) is 61.1 Å². The Morgan fingerprint density at radius 2 is 1.80 bits per heavy atom. The van der Waals surface area contributed by atoms with E-state index in [2.05, 4.69) is 51.0 Å². The zero-order valence-corrected chi connectivity index (χ0v) is 18.7. The molecule has 156 valence electrons. The summed E-state index contributed by atoms with van der Waals surface area (Å²) in [6, 6.07) is 12.4. The number of benzene rings is 2. The third kappa shape index (κ3) is 3.78. The van der Waals surface area contributed by atoms with Gasteiger partial charge in [0.1, 0.15) is 0 Å². The van der Waals surface area contributed by atoms with Crippen molar-refractivity contribution in [3.63, 3.8) is 0 Å². The van der Waals surface area contributed by atoms with Gasteiger partial charge in [-0.1, -0.05) is 47.5 Å². The molecule has 1 aromatic heterocycles. The van der Waals surface area contributed by atoms with E-state index in [-0.39, 0.29) is 6.04 Å². The van der Waals surface area contributed by atoms with Crippen LogP contribution < -0.4 is 0 Å². The Bertz CT molecular complexity index is 1100. The van der Waals surface area contributed by atoms with E-state index in [1.807, 2.05) is 18.3 Å². The second kappa shape index (κ2) is 8.35. The molecule has 0 amide bonds. The van der Waals surface area contributed by atoms with Crippen LogP contribution in [0.15, 0.2) is 48.7 Å². The molecule has 0 N–H and O–H groups in total. The molecule has 2 aromatic carbocycles. The maximum atomic E-state index is 6.47. The highest BCUT2D eigenvalue weighted by Gasteiger charge is 2.22. The standard InChI is InChI=1S/C24H26Cl2N4/c1-17(22-7-6-21(25)15-23(22)26)30-24-14-19(4-5-20(24)16-27-30)18-8-12-29(13-9-18)28-10-2-3-11-28/h4-8,14-17H,2-3,9-13H2,1H3/t17-/m1/s1. The first kappa shape index (κ1) is 20.1. The largest absolute Gasteiger partial charge is 0.258 e. The van der Waals surface area contributed by atoms with Crippen molar-refractivity contribution in [3.05, 3.63) is 69.8 Å². The quantitative estimate of drug-likeness (QED) is 0.493. The molecular formula is C24H26Cl2N4. The SMILES string of the molecule is C[C@H](c1ccc(Cl)cc1Cl)n1ncc2ccc(C3=CCN(N4CCCC4)CC3)cc21. The molecular weight excluding hydrogens is 415 g/mol. The third-order valence-electron chi connectivity index (χ3n) is 6.42. The van der Waals surface area contributed by atoms with Gasteiger partial charge in [-0.2, -0.15) is 5.10 Å². The van der Waals surface area contributed by atoms with Crippen LogP contribution in [0.25, 0.3) is 16.5 Å². The fraction of sp³-hybridized carbons (Fsp3) is 0.375. The van der Waals surface area contributed by atoms with Gasteiger partial charge in [0.05, 0.1) is 17.8 Å². The van der Waals surface area contributed by atoms with E-state index in [4.69, 9.17) is 23.2 Å². The fourth-order valence-electron chi connectivity index (χ4n) is 4.68. The molecule has 3 heterocycles. The molecule has 0 aliphatic carbocycles. The first-order valence-electron chi connectivity index (χ1n) is 10.7. The molecule has 2 aliphatic heterocycles. The Morgan fingerprint density at radius 1 is 0.967 bits per heavy atom. The molecule has 1 fully saturated rings. The lowest BCUT2D eigenvalue weighted by molar-refractivity contribution is 0.00765. The summed E-state index contributed by atoms with van der Waals surface area (Å²) in [5, 5.41) is 12.2. The molecule has 2 aliphatic rings. The summed E-state index contributed by atoms with van der Waals surface area (Å²) in [7, 11) is 0. The Balaban J connectivity index is 1.43. The predicted octanol–water partition coefficient (Wildman–Crippen LogP) is 6.05. The molecule has 0 unspecified atom stereocenters. The lowest BCUT2D eigenvalue weighted by atomic mass is 9.99. The van der Waals surface area contributed by atoms with Crippen molar-refractivity contribution in [1.29, 1.82) is 0 Å². The van der Waals surface area contributed by atoms with E-state index in [0.29, 0.717) is 10.0 Å². The van der Waals surface area contributed by atoms with Gasteiger partial charge < -0.3 is 0 Å². The van der Waals surface area contributed by atoms with Crippen LogP contribution in [0.4, 0.5) is 0 Å². The second-order valence-corrected chi connectivity index (χ2v) is 9.10. The maximum absolute atomic E-state index is 6.47. The van der Waals surface area contributed by atoms with Gasteiger partial charge in [0.25, 0.3) is 0 Å². The van der Waals surface area contributed by atoms with Crippen molar-refractivity contribution in [2.24, 2.45) is 0 Å². The predicted molar refractivity (Wildman–Crippen MR) is 125 cm³/mol. The highest BCUT2D eigenvalue weighted by Crippen LogP contribution is 2.32. The zero-order valence-electron chi connectivity index (χ0n) is 17.2. The summed E-state index contributed by atoms with van der Waals surface area (Å²) in [5.41, 5.74) is 4.88. The van der Waals surface area contributed by atoms with Crippen molar-refractivity contribution >= 4 is 39.7 Å². The first-order chi connectivity index (χ1) is 14.6. The normalized spacial score (nSPS) is 19.4. The molecule has 6 heteroatoms. The van der Waals surface area contributed by atoms with Crippen LogP contribution in [0.2, 0.25) is 10.0 Å². The summed E-state index contributed by atoms with van der Waals surface area (Å²) in [6.07, 6.45) is 8.05. The minimum atomic E-state index is 0.0218. The number of aromatic nitrogens is 2. The smallest absolute Gasteiger partial charge is 0.0761 e. The highest BCUT2D eigenvalue weighted by molar-refractivity contribution is 6.35. The topological polar surface area (TPSA) is 24.3 Å². The number of halogens is 2. The summed E-state index contributed by atoms with van der Waals surface area (Å²) in [6.45, 7) is 6.64. The molecule has 4 nitrogen and oxygen atoms in total. The van der Waals surface area contributed by atoms with Crippen LogP contribution >= 0.6 is 23.2 Å². The lowest BCUT2D eigenvalue weighted by Gasteiger charge is -2.34. The van der Waals surface area contributed by atoms with Gasteiger partial charge in [-0.3, -0.25) is 4.68 Å². The molecule has 0 radical (unpaired) electrons. The Kier molecular flexibility index (Phi) is 5.59.